The summed E-state index contributed by atoms with van der Waals surface area (Å²) in [7, 11) is 4.85. The number of carbonyl (C=O) groups is 2. The van der Waals surface area contributed by atoms with Crippen molar-refractivity contribution in [2.75, 3.05) is 27.2 Å². The number of aryl methyl sites for hydroxylation is 2. The lowest BCUT2D eigenvalue weighted by molar-refractivity contribution is -0.144. The normalized spacial score (nSPS) is 13.0. The van der Waals surface area contributed by atoms with Crippen molar-refractivity contribution in [3.63, 3.8) is 0 Å². The number of rotatable bonds is 18. The van der Waals surface area contributed by atoms with Gasteiger partial charge >= 0.3 is 17.8 Å². The summed E-state index contributed by atoms with van der Waals surface area (Å²) < 4.78 is 81.8. The number of allylic oxidation sites excluding steroid dienone is 3. The number of carbonyl (C=O) groups excluding carboxylic acids is 2. The van der Waals surface area contributed by atoms with Crippen LogP contribution in [0.3, 0.4) is 0 Å². The van der Waals surface area contributed by atoms with Gasteiger partial charge in [-0.1, -0.05) is 17.7 Å². The summed E-state index contributed by atoms with van der Waals surface area (Å²) in [4.78, 5) is 55.5. The van der Waals surface area contributed by atoms with Crippen LogP contribution in [0.5, 0.6) is 0 Å². The molecule has 0 spiro atoms. The first kappa shape index (κ1) is 44.5. The third-order valence-electron chi connectivity index (χ3n) is 9.14. The molecule has 0 unspecified atom stereocenters. The first-order chi connectivity index (χ1) is 25.8. The summed E-state index contributed by atoms with van der Waals surface area (Å²) in [6, 6.07) is 1.07. The van der Waals surface area contributed by atoms with E-state index in [1.54, 1.807) is 21.0 Å². The van der Waals surface area contributed by atoms with Gasteiger partial charge in [0, 0.05) is 30.9 Å². The number of nitrogens with zero attached hydrogens (tertiary/aromatic N) is 3. The molecule has 1 amide bonds. The van der Waals surface area contributed by atoms with E-state index < -0.39 is 70.6 Å². The molecule has 0 fully saturated rings. The van der Waals surface area contributed by atoms with Gasteiger partial charge in [0.25, 0.3) is 5.56 Å². The molecule has 55 heavy (non-hydrogen) atoms. The first-order valence-electron chi connectivity index (χ1n) is 18.2. The highest BCUT2D eigenvalue weighted by Crippen LogP contribution is 2.40. The van der Waals surface area contributed by atoms with Crippen LogP contribution in [0, 0.1) is 18.6 Å². The molecule has 300 valence electrons. The SMILES string of the molecule is C=C(C)C[C@@H](C(=O)N[C@@H](CC(=O)OCC)c1cc(-c2c(C)cc(F)cc2CCCCC=CC)cc(C(F)(F)F)c1F)n1cc(CCN(C)C)c(=O)n(C)c1=O. The Bertz CT molecular complexity index is 2020. The molecule has 0 bridgehead atoms. The van der Waals surface area contributed by atoms with Gasteiger partial charge in [-0.15, -0.1) is 6.58 Å². The van der Waals surface area contributed by atoms with E-state index in [4.69, 9.17) is 4.74 Å². The van der Waals surface area contributed by atoms with Crippen molar-refractivity contribution in [2.45, 2.75) is 90.9 Å². The average Bonchev–Trinajstić information content (AvgIpc) is 3.08. The summed E-state index contributed by atoms with van der Waals surface area (Å²) in [5.41, 5.74) is -2.17. The fraction of sp³-hybridized carbons (Fsp3) is 0.463. The molecular weight excluding hydrogens is 723 g/mol. The van der Waals surface area contributed by atoms with E-state index in [1.165, 1.54) is 39.2 Å². The van der Waals surface area contributed by atoms with Gasteiger partial charge in [0.2, 0.25) is 5.91 Å². The van der Waals surface area contributed by atoms with Crippen LogP contribution in [0.1, 0.15) is 92.8 Å². The van der Waals surface area contributed by atoms with Gasteiger partial charge in [-0.25, -0.2) is 13.6 Å². The number of hydrogen-bond acceptors (Lipinski definition) is 6. The van der Waals surface area contributed by atoms with Gasteiger partial charge in [0.05, 0.1) is 24.6 Å². The number of unbranched alkanes of at least 4 members (excludes halogenated alkanes) is 2. The molecule has 1 aromatic heterocycles. The molecule has 0 saturated heterocycles. The Hall–Kier alpha value is -4.85. The lowest BCUT2D eigenvalue weighted by Crippen LogP contribution is -2.46. The lowest BCUT2D eigenvalue weighted by Gasteiger charge is -2.26. The summed E-state index contributed by atoms with van der Waals surface area (Å²) in [5, 5.41) is 2.54. The van der Waals surface area contributed by atoms with E-state index in [1.807, 2.05) is 24.0 Å². The minimum absolute atomic E-state index is 0.0916. The zero-order valence-corrected chi connectivity index (χ0v) is 32.5. The molecular formula is C41H51F5N4O5. The van der Waals surface area contributed by atoms with Gasteiger partial charge in [-0.3, -0.25) is 23.5 Å². The number of hydrogen-bond donors (Lipinski definition) is 1. The van der Waals surface area contributed by atoms with E-state index in [0.29, 0.717) is 42.2 Å². The van der Waals surface area contributed by atoms with Crippen LogP contribution in [0.2, 0.25) is 0 Å². The number of alkyl halides is 3. The van der Waals surface area contributed by atoms with Crippen LogP contribution in [-0.4, -0.2) is 53.2 Å². The van der Waals surface area contributed by atoms with Gasteiger partial charge in [0.1, 0.15) is 17.7 Å². The van der Waals surface area contributed by atoms with E-state index >= 15 is 4.39 Å². The predicted octanol–water partition coefficient (Wildman–Crippen LogP) is 7.53. The minimum atomic E-state index is -5.21. The quantitative estimate of drug-likeness (QED) is 0.0621. The molecule has 1 heterocycles. The zero-order valence-electron chi connectivity index (χ0n) is 32.5. The number of likely N-dealkylation sites (N-methyl/N-ethyl adjacent to an activating group) is 1. The fourth-order valence-corrected chi connectivity index (χ4v) is 6.45. The number of amides is 1. The van der Waals surface area contributed by atoms with Crippen LogP contribution >= 0.6 is 0 Å². The first-order valence-corrected chi connectivity index (χ1v) is 18.2. The predicted molar refractivity (Wildman–Crippen MR) is 203 cm³/mol. The van der Waals surface area contributed by atoms with Crippen molar-refractivity contribution >= 4 is 11.9 Å². The Morgan fingerprint density at radius 3 is 2.33 bits per heavy atom. The van der Waals surface area contributed by atoms with E-state index in [2.05, 4.69) is 11.9 Å². The molecule has 9 nitrogen and oxygen atoms in total. The molecule has 0 saturated carbocycles. The van der Waals surface area contributed by atoms with Crippen molar-refractivity contribution in [1.29, 1.82) is 0 Å². The second kappa shape index (κ2) is 19.7. The monoisotopic (exact) mass is 774 g/mol. The number of aromatic nitrogens is 2. The van der Waals surface area contributed by atoms with Crippen LogP contribution in [0.15, 0.2) is 64.4 Å². The summed E-state index contributed by atoms with van der Waals surface area (Å²) in [6.07, 6.45) is 1.63. The molecule has 1 N–H and O–H groups in total. The van der Waals surface area contributed by atoms with Crippen LogP contribution < -0.4 is 16.6 Å². The Morgan fingerprint density at radius 2 is 1.73 bits per heavy atom. The largest absolute Gasteiger partial charge is 0.466 e. The lowest BCUT2D eigenvalue weighted by atomic mass is 9.88. The van der Waals surface area contributed by atoms with Crippen molar-refractivity contribution in [2.24, 2.45) is 7.05 Å². The van der Waals surface area contributed by atoms with Crippen LogP contribution in [-0.2, 0) is 40.4 Å². The van der Waals surface area contributed by atoms with Gasteiger partial charge in [0.15, 0.2) is 0 Å². The highest BCUT2D eigenvalue weighted by molar-refractivity contribution is 5.82. The maximum Gasteiger partial charge on any atom is 0.419 e. The van der Waals surface area contributed by atoms with Crippen molar-refractivity contribution in [3.8, 4) is 11.1 Å². The van der Waals surface area contributed by atoms with Crippen molar-refractivity contribution < 1.29 is 36.3 Å². The molecule has 0 aliphatic carbocycles. The summed E-state index contributed by atoms with van der Waals surface area (Å²) in [6.45, 7) is 10.7. The Balaban J connectivity index is 2.28. The molecule has 3 aromatic rings. The third-order valence-corrected chi connectivity index (χ3v) is 9.14. The maximum atomic E-state index is 16.3. The van der Waals surface area contributed by atoms with E-state index in [9.17, 15) is 36.7 Å². The number of benzene rings is 2. The molecule has 0 aliphatic rings. The maximum absolute atomic E-state index is 16.3. The van der Waals surface area contributed by atoms with E-state index in [0.717, 1.165) is 28.0 Å². The molecule has 3 rings (SSSR count). The smallest absolute Gasteiger partial charge is 0.419 e. The second-order valence-corrected chi connectivity index (χ2v) is 14.0. The molecule has 2 atom stereocenters. The standard InChI is InChI=1S/C41H51F5N4O5/c1-9-11-12-13-14-15-27-20-30(42)19-26(5)36(27)29-21-31(37(43)32(22-29)41(44,45)46)33(23-35(51)55-10-2)47-38(52)34(18-25(3)4)50-24-28(16-17-48(6)7)39(53)49(8)40(50)54/h9,11,19-22,24,33-34H,3,10,12-18,23H2,1-2,4-8H3,(H,47,52)/t33-,34-/m0/s1. The van der Waals surface area contributed by atoms with Crippen molar-refractivity contribution in [3.05, 3.63) is 115 Å². The molecule has 2 aromatic carbocycles. The van der Waals surface area contributed by atoms with Gasteiger partial charge in [-0.2, -0.15) is 13.2 Å². The molecule has 0 aliphatic heterocycles. The Labute approximate surface area is 318 Å². The molecule has 0 radical (unpaired) electrons. The Morgan fingerprint density at radius 1 is 1.04 bits per heavy atom. The fourth-order valence-electron chi connectivity index (χ4n) is 6.45. The average molecular weight is 775 g/mol. The number of ether oxygens (including phenoxy) is 1. The summed E-state index contributed by atoms with van der Waals surface area (Å²) >= 11 is 0. The number of nitrogens with one attached hydrogen (secondary N) is 1. The van der Waals surface area contributed by atoms with Crippen molar-refractivity contribution in [1.82, 2.24) is 19.4 Å². The second-order valence-electron chi connectivity index (χ2n) is 14.0. The highest BCUT2D eigenvalue weighted by Gasteiger charge is 2.38. The van der Waals surface area contributed by atoms with Crippen LogP contribution in [0.4, 0.5) is 22.0 Å². The molecule has 14 heteroatoms. The Kier molecular flexibility index (Phi) is 15.9. The van der Waals surface area contributed by atoms with Crippen LogP contribution in [0.25, 0.3) is 11.1 Å². The number of esters is 1. The number of halogens is 5. The topological polar surface area (TPSA) is 103 Å². The van der Waals surface area contributed by atoms with Gasteiger partial charge in [-0.05, 0) is 127 Å². The van der Waals surface area contributed by atoms with E-state index in [-0.39, 0.29) is 36.1 Å². The highest BCUT2D eigenvalue weighted by atomic mass is 19.4. The van der Waals surface area contributed by atoms with Gasteiger partial charge < -0.3 is 15.0 Å². The third kappa shape index (κ3) is 11.8. The summed E-state index contributed by atoms with van der Waals surface area (Å²) in [5.74, 6) is -4.19. The zero-order chi connectivity index (χ0) is 41.2. The minimum Gasteiger partial charge on any atom is -0.466 e.